The van der Waals surface area contributed by atoms with Crippen LogP contribution in [0.25, 0.3) is 0 Å². The summed E-state index contributed by atoms with van der Waals surface area (Å²) in [6.45, 7) is 19.1. The molecular weight excluding hydrogens is 749 g/mol. The van der Waals surface area contributed by atoms with E-state index in [9.17, 15) is 4.79 Å². The molecule has 0 aliphatic rings. The van der Waals surface area contributed by atoms with Crippen molar-refractivity contribution in [2.24, 2.45) is 11.8 Å². The monoisotopic (exact) mass is 814 g/mol. The van der Waals surface area contributed by atoms with Gasteiger partial charge in [-0.1, -0.05) is 97.4 Å². The number of aliphatic hydroxyl groups excluding tert-OH is 1. The maximum atomic E-state index is 10.9. The quantitative estimate of drug-likeness (QED) is 0.0440. The minimum atomic E-state index is -0.352. The Morgan fingerprint density at radius 2 is 1.09 bits per heavy atom. The van der Waals surface area contributed by atoms with E-state index in [0.717, 1.165) is 42.1 Å². The largest absolute Gasteiger partial charge is 0.497 e. The summed E-state index contributed by atoms with van der Waals surface area (Å²) in [5.41, 5.74) is 7.65. The summed E-state index contributed by atoms with van der Waals surface area (Å²) in [5.74, 6) is 12.5. The first kappa shape index (κ1) is 49.1. The number of rotatable bonds is 19. The van der Waals surface area contributed by atoms with Gasteiger partial charge < -0.3 is 28.8 Å². The molecule has 0 saturated carbocycles. The zero-order chi connectivity index (χ0) is 42.5. The Morgan fingerprint density at radius 3 is 1.44 bits per heavy atom. The summed E-state index contributed by atoms with van der Waals surface area (Å²) in [4.78, 5) is 13.5. The van der Waals surface area contributed by atoms with E-state index in [1.54, 1.807) is 34.3 Å². The van der Waals surface area contributed by atoms with E-state index in [2.05, 4.69) is 106 Å². The van der Waals surface area contributed by atoms with Crippen molar-refractivity contribution in [1.29, 1.82) is 0 Å². The Labute approximate surface area is 348 Å². The molecule has 8 heteroatoms. The molecule has 0 spiro atoms. The molecule has 0 fully saturated rings. The van der Waals surface area contributed by atoms with Crippen LogP contribution in [0.4, 0.5) is 0 Å². The normalized spacial score (nSPS) is 14.4. The number of aliphatic hydroxyl groups is 1. The Kier molecular flexibility index (Phi) is 22.4. The topological polar surface area (TPSA) is 74.2 Å². The predicted octanol–water partition coefficient (Wildman–Crippen LogP) is 10.9. The third-order valence-corrected chi connectivity index (χ3v) is 12.9. The van der Waals surface area contributed by atoms with E-state index in [1.807, 2.05) is 38.1 Å². The van der Waals surface area contributed by atoms with Crippen LogP contribution in [0, 0.1) is 25.7 Å². The average Bonchev–Trinajstić information content (AvgIpc) is 3.20. The van der Waals surface area contributed by atoms with E-state index >= 15 is 0 Å². The lowest BCUT2D eigenvalue weighted by Crippen LogP contribution is -2.29. The maximum absolute atomic E-state index is 10.9. The lowest BCUT2D eigenvalue weighted by molar-refractivity contribution is -0.161. The third-order valence-electron chi connectivity index (χ3n) is 9.04. The molecule has 0 amide bonds. The molecule has 4 rings (SSSR count). The van der Waals surface area contributed by atoms with Gasteiger partial charge in [0.25, 0.3) is 0 Å². The molecule has 4 aromatic carbocycles. The summed E-state index contributed by atoms with van der Waals surface area (Å²) in [5, 5.41) is 8.24. The SMILES string of the molecule is C=CC(C)O.C=CC(C)OC(OC)C(C)CS(=C)c1ccc(C)cc1Cc1ccc(OC)cc1.C=S(CC(C)C=O)c1ccc(C)cc1Cc1ccc(OC)cc1. The van der Waals surface area contributed by atoms with Gasteiger partial charge in [-0.05, 0) is 105 Å². The van der Waals surface area contributed by atoms with Crippen LogP contribution >= 0.6 is 21.0 Å². The van der Waals surface area contributed by atoms with Crippen LogP contribution in [-0.2, 0) is 27.1 Å². The molecule has 1 N–H and O–H groups in total. The Balaban J connectivity index is 0.000000358. The summed E-state index contributed by atoms with van der Waals surface area (Å²) in [7, 11) is 4.73. The number of hydrogen-bond acceptors (Lipinski definition) is 6. The van der Waals surface area contributed by atoms with Gasteiger partial charge in [0, 0.05) is 34.5 Å². The van der Waals surface area contributed by atoms with Gasteiger partial charge in [-0.3, -0.25) is 0 Å². The van der Waals surface area contributed by atoms with Gasteiger partial charge in [-0.15, -0.1) is 13.2 Å². The number of hydrogen-bond donors (Lipinski definition) is 1. The molecule has 7 atom stereocenters. The van der Waals surface area contributed by atoms with Gasteiger partial charge in [0.05, 0.1) is 26.4 Å². The number of aldehydes is 1. The lowest BCUT2D eigenvalue weighted by atomic mass is 10.0. The molecular formula is C49H66O6S2. The fraction of sp³-hybridized carbons (Fsp3) is 0.367. The molecule has 57 heavy (non-hydrogen) atoms. The highest BCUT2D eigenvalue weighted by molar-refractivity contribution is 8.14. The first-order chi connectivity index (χ1) is 27.2. The zero-order valence-electron chi connectivity index (χ0n) is 35.7. The summed E-state index contributed by atoms with van der Waals surface area (Å²) in [6.07, 6.45) is 5.36. The number of carbonyl (C=O) groups excluding carboxylic acids is 1. The number of carbonyl (C=O) groups is 1. The second-order valence-corrected chi connectivity index (χ2v) is 17.9. The summed E-state index contributed by atoms with van der Waals surface area (Å²) < 4.78 is 22.0. The number of aryl methyl sites for hydroxylation is 2. The van der Waals surface area contributed by atoms with Crippen LogP contribution < -0.4 is 9.47 Å². The van der Waals surface area contributed by atoms with Crippen molar-refractivity contribution in [2.45, 2.75) is 82.7 Å². The van der Waals surface area contributed by atoms with E-state index in [4.69, 9.17) is 24.1 Å². The molecule has 0 aliphatic carbocycles. The van der Waals surface area contributed by atoms with Crippen molar-refractivity contribution in [1.82, 2.24) is 0 Å². The standard InChI is InChI=1S/C25H34O3S.C20H24O2S.C4H8O/c1-8-20(4)28-25(27-6)19(3)17-29(7)24-14-9-18(2)15-22(24)16-21-10-12-23(26-5)13-11-21;1-15-5-10-20(23(4)14-16(2)13-21)18(11-15)12-17-6-8-19(22-3)9-7-17;1-3-4(2)5/h8-15,19-20,25H,1,7,16-17H2,2-6H3;5-11,13,16H,4,12,14H2,1-3H3;3-5H,1H2,2H3. The van der Waals surface area contributed by atoms with E-state index in [-0.39, 0.29) is 51.3 Å². The molecule has 0 aliphatic heterocycles. The highest BCUT2D eigenvalue weighted by Gasteiger charge is 2.21. The molecule has 0 aromatic heterocycles. The Bertz CT molecular complexity index is 1870. The molecule has 310 valence electrons. The van der Waals surface area contributed by atoms with E-state index < -0.39 is 0 Å². The molecule has 6 nitrogen and oxygen atoms in total. The predicted molar refractivity (Wildman–Crippen MR) is 247 cm³/mol. The average molecular weight is 815 g/mol. The molecule has 4 aromatic rings. The lowest BCUT2D eigenvalue weighted by Gasteiger charge is -2.26. The van der Waals surface area contributed by atoms with Crippen molar-refractivity contribution in [2.75, 3.05) is 32.8 Å². The van der Waals surface area contributed by atoms with Crippen LogP contribution in [-0.4, -0.2) is 74.5 Å². The van der Waals surface area contributed by atoms with Gasteiger partial charge in [0.1, 0.15) is 17.8 Å². The molecule has 7 unspecified atom stereocenters. The van der Waals surface area contributed by atoms with Crippen molar-refractivity contribution in [3.63, 3.8) is 0 Å². The van der Waals surface area contributed by atoms with Crippen LogP contribution in [0.1, 0.15) is 61.1 Å². The Morgan fingerprint density at radius 1 is 0.667 bits per heavy atom. The van der Waals surface area contributed by atoms with Crippen LogP contribution in [0.5, 0.6) is 11.5 Å². The van der Waals surface area contributed by atoms with Crippen LogP contribution in [0.3, 0.4) is 0 Å². The molecule has 0 saturated heterocycles. The minimum Gasteiger partial charge on any atom is -0.497 e. The molecule has 0 heterocycles. The van der Waals surface area contributed by atoms with Crippen LogP contribution in [0.15, 0.2) is 120 Å². The fourth-order valence-electron chi connectivity index (χ4n) is 5.80. The number of methoxy groups -OCH3 is 3. The Hall–Kier alpha value is -4.05. The van der Waals surface area contributed by atoms with Crippen LogP contribution in [0.2, 0.25) is 0 Å². The van der Waals surface area contributed by atoms with Crippen molar-refractivity contribution >= 4 is 39.0 Å². The number of ether oxygens (including phenoxy) is 4. The third kappa shape index (κ3) is 17.5. The zero-order valence-corrected chi connectivity index (χ0v) is 37.3. The summed E-state index contributed by atoms with van der Waals surface area (Å²) >= 11 is 0. The smallest absolute Gasteiger partial charge is 0.161 e. The number of benzene rings is 4. The van der Waals surface area contributed by atoms with Gasteiger partial charge >= 0.3 is 0 Å². The van der Waals surface area contributed by atoms with Gasteiger partial charge in [0.2, 0.25) is 0 Å². The second-order valence-electron chi connectivity index (χ2n) is 14.3. The first-order valence-corrected chi connectivity index (χ1v) is 22.3. The minimum absolute atomic E-state index is 0.0426. The van der Waals surface area contributed by atoms with Gasteiger partial charge in [-0.2, -0.15) is 21.0 Å². The van der Waals surface area contributed by atoms with Gasteiger partial charge in [0.15, 0.2) is 6.29 Å². The second kappa shape index (κ2) is 26.1. The van der Waals surface area contributed by atoms with Crippen molar-refractivity contribution in [3.8, 4) is 11.5 Å². The van der Waals surface area contributed by atoms with Crippen molar-refractivity contribution < 1.29 is 28.8 Å². The molecule has 0 radical (unpaired) electrons. The van der Waals surface area contributed by atoms with Crippen molar-refractivity contribution in [3.05, 3.63) is 144 Å². The fourth-order valence-corrected chi connectivity index (χ4v) is 9.19. The summed E-state index contributed by atoms with van der Waals surface area (Å²) in [6, 6.07) is 29.7. The highest BCUT2D eigenvalue weighted by Crippen LogP contribution is 2.35. The first-order valence-electron chi connectivity index (χ1n) is 19.2. The molecule has 0 bridgehead atoms. The maximum Gasteiger partial charge on any atom is 0.161 e. The van der Waals surface area contributed by atoms with E-state index in [1.165, 1.54) is 49.2 Å². The highest BCUT2D eigenvalue weighted by atomic mass is 32.2. The van der Waals surface area contributed by atoms with E-state index in [0.29, 0.717) is 0 Å². The van der Waals surface area contributed by atoms with Gasteiger partial charge in [-0.25, -0.2) is 0 Å².